The Kier molecular flexibility index (Phi) is 6.22. The molecule has 0 saturated heterocycles. The number of esters is 1. The van der Waals surface area contributed by atoms with Gasteiger partial charge in [0, 0.05) is 6.07 Å². The molecule has 0 spiro atoms. The van der Waals surface area contributed by atoms with Gasteiger partial charge in [0.2, 0.25) is 5.43 Å². The van der Waals surface area contributed by atoms with E-state index in [4.69, 9.17) is 18.6 Å². The number of carbonyl (C=O) groups excluding carboxylic acids is 1. The van der Waals surface area contributed by atoms with Gasteiger partial charge in [0.15, 0.2) is 6.61 Å². The average Bonchev–Trinajstić information content (AvgIpc) is 2.79. The molecule has 0 aliphatic rings. The molecule has 0 aliphatic heterocycles. The highest BCUT2D eigenvalue weighted by atomic mass is 16.6. The number of ether oxygens (including phenoxy) is 3. The van der Waals surface area contributed by atoms with Crippen LogP contribution in [0.1, 0.15) is 12.7 Å². The van der Waals surface area contributed by atoms with Crippen molar-refractivity contribution in [3.05, 3.63) is 88.8 Å². The van der Waals surface area contributed by atoms with Gasteiger partial charge in [0.1, 0.15) is 28.6 Å². The lowest BCUT2D eigenvalue weighted by Gasteiger charge is -2.10. The van der Waals surface area contributed by atoms with Crippen LogP contribution in [0, 0.1) is 6.92 Å². The number of hydrogen-bond donors (Lipinski definition) is 0. The monoisotopic (exact) mass is 430 g/mol. The second kappa shape index (κ2) is 9.39. The summed E-state index contributed by atoms with van der Waals surface area (Å²) in [5, 5.41) is 0.417. The third kappa shape index (κ3) is 4.64. The molecule has 0 atom stereocenters. The minimum atomic E-state index is -0.571. The highest BCUT2D eigenvalue weighted by molar-refractivity contribution is 5.84. The van der Waals surface area contributed by atoms with E-state index in [0.717, 1.165) is 11.3 Å². The first kappa shape index (κ1) is 21.2. The van der Waals surface area contributed by atoms with Crippen molar-refractivity contribution in [3.63, 3.8) is 0 Å². The Morgan fingerprint density at radius 3 is 2.22 bits per heavy atom. The van der Waals surface area contributed by atoms with Gasteiger partial charge in [-0.2, -0.15) is 0 Å². The minimum Gasteiger partial charge on any atom is -0.494 e. The fourth-order valence-electron chi connectivity index (χ4n) is 3.39. The Hall–Kier alpha value is -4.06. The summed E-state index contributed by atoms with van der Waals surface area (Å²) in [4.78, 5) is 25.2. The van der Waals surface area contributed by atoms with Crippen molar-refractivity contribution in [3.8, 4) is 28.4 Å². The zero-order chi connectivity index (χ0) is 22.5. The molecule has 0 fully saturated rings. The predicted molar refractivity (Wildman–Crippen MR) is 121 cm³/mol. The summed E-state index contributed by atoms with van der Waals surface area (Å²) in [6.45, 7) is 3.96. The molecular weight excluding hydrogens is 408 g/mol. The van der Waals surface area contributed by atoms with Crippen molar-refractivity contribution < 1.29 is 23.4 Å². The van der Waals surface area contributed by atoms with Gasteiger partial charge in [-0.25, -0.2) is 4.79 Å². The highest BCUT2D eigenvalue weighted by Gasteiger charge is 2.15. The third-order valence-electron chi connectivity index (χ3n) is 4.83. The number of benzene rings is 3. The van der Waals surface area contributed by atoms with Gasteiger partial charge >= 0.3 is 5.97 Å². The number of rotatable bonds is 7. The molecule has 4 rings (SSSR count). The van der Waals surface area contributed by atoms with Crippen molar-refractivity contribution >= 4 is 16.9 Å². The van der Waals surface area contributed by atoms with Crippen LogP contribution in [0.2, 0.25) is 0 Å². The minimum absolute atomic E-state index is 0.133. The zero-order valence-electron chi connectivity index (χ0n) is 17.8. The molecule has 32 heavy (non-hydrogen) atoms. The van der Waals surface area contributed by atoms with E-state index in [0.29, 0.717) is 34.6 Å². The maximum atomic E-state index is 13.0. The SMILES string of the molecule is CCOc1ccc(OCC(=O)Oc2ccc3c(=O)c(-c4ccccc4)c(C)oc3c2)cc1. The second-order valence-electron chi connectivity index (χ2n) is 7.05. The van der Waals surface area contributed by atoms with Gasteiger partial charge in [0.25, 0.3) is 0 Å². The van der Waals surface area contributed by atoms with Crippen LogP contribution >= 0.6 is 0 Å². The van der Waals surface area contributed by atoms with Crippen LogP contribution in [0.25, 0.3) is 22.1 Å². The van der Waals surface area contributed by atoms with Crippen LogP contribution in [0.15, 0.2) is 82.0 Å². The Labute approximate surface area is 185 Å². The van der Waals surface area contributed by atoms with Gasteiger partial charge in [-0.3, -0.25) is 4.79 Å². The summed E-state index contributed by atoms with van der Waals surface area (Å²) in [5.41, 5.74) is 1.53. The molecule has 0 unspecified atom stereocenters. The van der Waals surface area contributed by atoms with Crippen LogP contribution in [0.3, 0.4) is 0 Å². The number of carbonyl (C=O) groups is 1. The first-order chi connectivity index (χ1) is 15.5. The van der Waals surface area contributed by atoms with Crippen molar-refractivity contribution in [2.24, 2.45) is 0 Å². The van der Waals surface area contributed by atoms with Gasteiger partial charge in [-0.1, -0.05) is 30.3 Å². The van der Waals surface area contributed by atoms with Crippen molar-refractivity contribution in [1.82, 2.24) is 0 Å². The maximum absolute atomic E-state index is 13.0. The molecule has 0 aliphatic carbocycles. The third-order valence-corrected chi connectivity index (χ3v) is 4.83. The van der Waals surface area contributed by atoms with E-state index < -0.39 is 5.97 Å². The van der Waals surface area contributed by atoms with Crippen LogP contribution in [-0.4, -0.2) is 19.2 Å². The Morgan fingerprint density at radius 1 is 0.875 bits per heavy atom. The van der Waals surface area contributed by atoms with Crippen molar-refractivity contribution in [2.45, 2.75) is 13.8 Å². The van der Waals surface area contributed by atoms with Crippen LogP contribution in [0.4, 0.5) is 0 Å². The number of hydrogen-bond acceptors (Lipinski definition) is 6. The molecule has 0 bridgehead atoms. The highest BCUT2D eigenvalue weighted by Crippen LogP contribution is 2.26. The predicted octanol–water partition coefficient (Wildman–Crippen LogP) is 5.15. The standard InChI is InChI=1S/C26H22O6/c1-3-29-19-9-11-20(12-10-19)30-16-24(27)32-21-13-14-22-23(15-21)31-17(2)25(26(22)28)18-7-5-4-6-8-18/h4-15H,3,16H2,1-2H3. The molecule has 3 aromatic carbocycles. The molecule has 1 heterocycles. The van der Waals surface area contributed by atoms with Crippen molar-refractivity contribution in [2.75, 3.05) is 13.2 Å². The van der Waals surface area contributed by atoms with Gasteiger partial charge in [-0.05, 0) is 55.8 Å². The number of fused-ring (bicyclic) bond motifs is 1. The maximum Gasteiger partial charge on any atom is 0.349 e. The van der Waals surface area contributed by atoms with Gasteiger partial charge < -0.3 is 18.6 Å². The molecule has 0 saturated carbocycles. The largest absolute Gasteiger partial charge is 0.494 e. The summed E-state index contributed by atoms with van der Waals surface area (Å²) in [5.74, 6) is 1.45. The molecular formula is C26H22O6. The average molecular weight is 430 g/mol. The van der Waals surface area contributed by atoms with Crippen LogP contribution in [0.5, 0.6) is 17.2 Å². The van der Waals surface area contributed by atoms with Gasteiger partial charge in [0.05, 0.1) is 17.6 Å². The van der Waals surface area contributed by atoms with E-state index in [1.165, 1.54) is 6.07 Å². The van der Waals surface area contributed by atoms with Crippen LogP contribution in [-0.2, 0) is 4.79 Å². The quantitative estimate of drug-likeness (QED) is 0.298. The molecule has 0 amide bonds. The molecule has 1 aromatic heterocycles. The normalized spacial score (nSPS) is 10.7. The molecule has 4 aromatic rings. The number of aryl methyl sites for hydroxylation is 1. The van der Waals surface area contributed by atoms with Crippen molar-refractivity contribution in [1.29, 1.82) is 0 Å². The summed E-state index contributed by atoms with van der Waals surface area (Å²) >= 11 is 0. The fourth-order valence-corrected chi connectivity index (χ4v) is 3.39. The molecule has 6 heteroatoms. The van der Waals surface area contributed by atoms with E-state index in [1.807, 2.05) is 37.3 Å². The summed E-state index contributed by atoms with van der Waals surface area (Å²) in [6, 6.07) is 21.0. The summed E-state index contributed by atoms with van der Waals surface area (Å²) in [6.07, 6.45) is 0. The molecule has 6 nitrogen and oxygen atoms in total. The van der Waals surface area contributed by atoms with E-state index in [2.05, 4.69) is 0 Å². The van der Waals surface area contributed by atoms with Crippen LogP contribution < -0.4 is 19.6 Å². The Bertz CT molecular complexity index is 1290. The topological polar surface area (TPSA) is 75.0 Å². The van der Waals surface area contributed by atoms with E-state index in [1.54, 1.807) is 43.3 Å². The second-order valence-corrected chi connectivity index (χ2v) is 7.05. The van der Waals surface area contributed by atoms with Gasteiger partial charge in [-0.15, -0.1) is 0 Å². The van der Waals surface area contributed by atoms with E-state index in [9.17, 15) is 9.59 Å². The summed E-state index contributed by atoms with van der Waals surface area (Å²) < 4.78 is 22.1. The smallest absolute Gasteiger partial charge is 0.349 e. The lowest BCUT2D eigenvalue weighted by molar-refractivity contribution is -0.136. The zero-order valence-corrected chi connectivity index (χ0v) is 17.8. The Morgan fingerprint density at radius 2 is 1.53 bits per heavy atom. The lowest BCUT2D eigenvalue weighted by Crippen LogP contribution is -2.17. The molecule has 0 radical (unpaired) electrons. The summed E-state index contributed by atoms with van der Waals surface area (Å²) in [7, 11) is 0. The van der Waals surface area contributed by atoms with E-state index in [-0.39, 0.29) is 17.8 Å². The Balaban J connectivity index is 1.48. The van der Waals surface area contributed by atoms with E-state index >= 15 is 0 Å². The lowest BCUT2D eigenvalue weighted by atomic mass is 10.0. The molecule has 162 valence electrons. The fraction of sp³-hybridized carbons (Fsp3) is 0.154. The molecule has 0 N–H and O–H groups in total. The first-order valence-corrected chi connectivity index (χ1v) is 10.2. The first-order valence-electron chi connectivity index (χ1n) is 10.2.